The van der Waals surface area contributed by atoms with Crippen LogP contribution >= 0.6 is 11.8 Å². The molecule has 3 aromatic rings. The van der Waals surface area contributed by atoms with Crippen molar-refractivity contribution in [1.82, 2.24) is 19.9 Å². The van der Waals surface area contributed by atoms with E-state index in [9.17, 15) is 4.79 Å². The van der Waals surface area contributed by atoms with Crippen molar-refractivity contribution in [3.63, 3.8) is 0 Å². The van der Waals surface area contributed by atoms with Gasteiger partial charge in [0.2, 0.25) is 5.16 Å². The number of hydrogen-bond acceptors (Lipinski definition) is 8. The number of Topliss-reactive ketones (excluding diaryl/α,β-unsaturated/α-hetero) is 1. The van der Waals surface area contributed by atoms with Gasteiger partial charge in [0.1, 0.15) is 0 Å². The third-order valence-electron chi connectivity index (χ3n) is 3.16. The zero-order valence-corrected chi connectivity index (χ0v) is 13.9. The minimum atomic E-state index is -0.00212. The van der Waals surface area contributed by atoms with Gasteiger partial charge in [-0.05, 0) is 6.07 Å². The fraction of sp³-hybridized carbons (Fsp3) is 0.0625. The largest absolute Gasteiger partial charge is 0.334 e. The van der Waals surface area contributed by atoms with Crippen LogP contribution in [0.2, 0.25) is 0 Å². The highest BCUT2D eigenvalue weighted by molar-refractivity contribution is 7.99. The highest BCUT2D eigenvalue weighted by atomic mass is 32.2. The van der Waals surface area contributed by atoms with Crippen LogP contribution < -0.4 is 11.3 Å². The first kappa shape index (κ1) is 16.7. The monoisotopic (exact) mass is 353 g/mol. The third kappa shape index (κ3) is 4.42. The molecule has 9 heteroatoms. The minimum Gasteiger partial charge on any atom is -0.334 e. The summed E-state index contributed by atoms with van der Waals surface area (Å²) in [5.41, 5.74) is 4.19. The molecule has 0 amide bonds. The molecule has 126 valence electrons. The zero-order valence-electron chi connectivity index (χ0n) is 13.1. The number of benzene rings is 1. The third-order valence-corrected chi connectivity index (χ3v) is 4.10. The van der Waals surface area contributed by atoms with Crippen LogP contribution in [0.5, 0.6) is 0 Å². The number of ketones is 1. The van der Waals surface area contributed by atoms with Crippen molar-refractivity contribution in [2.75, 3.05) is 17.0 Å². The maximum atomic E-state index is 12.1. The van der Waals surface area contributed by atoms with Crippen LogP contribution in [0, 0.1) is 0 Å². The molecule has 2 aromatic heterocycles. The van der Waals surface area contributed by atoms with Crippen LogP contribution in [0.4, 0.5) is 5.95 Å². The molecule has 0 fully saturated rings. The number of nitrogens with one attached hydrogen (secondary N) is 1. The lowest BCUT2D eigenvalue weighted by Crippen LogP contribution is -2.14. The Kier molecular flexibility index (Phi) is 5.37. The smallest absolute Gasteiger partial charge is 0.264 e. The Balaban J connectivity index is 1.58. The van der Waals surface area contributed by atoms with Gasteiger partial charge in [0, 0.05) is 23.5 Å². The number of carbonyl (C=O) groups is 1. The van der Waals surface area contributed by atoms with E-state index in [-0.39, 0.29) is 17.5 Å². The second-order valence-corrected chi connectivity index (χ2v) is 5.85. The van der Waals surface area contributed by atoms with Crippen LogP contribution in [-0.4, -0.2) is 37.6 Å². The van der Waals surface area contributed by atoms with Crippen molar-refractivity contribution < 1.29 is 4.79 Å². The van der Waals surface area contributed by atoms with E-state index in [1.54, 1.807) is 30.7 Å². The molecule has 0 radical (unpaired) electrons. The fourth-order valence-electron chi connectivity index (χ4n) is 1.91. The normalized spacial score (nSPS) is 10.9. The van der Waals surface area contributed by atoms with E-state index in [4.69, 9.17) is 5.84 Å². The predicted octanol–water partition coefficient (Wildman–Crippen LogP) is 1.81. The minimum absolute atomic E-state index is 0.00212. The average molecular weight is 353 g/mol. The average Bonchev–Trinajstić information content (AvgIpc) is 3.01. The standard InChI is InChI=1S/C16H15N7OS/c17-23-15(20-19-10-12-5-4-8-18-9-12)21-22-16(23)25-11-14(24)13-6-2-1-3-7-13/h1-10H,11,17H2,(H,20,21)/b19-10+. The van der Waals surface area contributed by atoms with E-state index < -0.39 is 0 Å². The molecule has 25 heavy (non-hydrogen) atoms. The van der Waals surface area contributed by atoms with Gasteiger partial charge in [-0.3, -0.25) is 9.78 Å². The second kappa shape index (κ2) is 8.06. The molecule has 3 N–H and O–H groups in total. The number of nitrogens with zero attached hydrogens (tertiary/aromatic N) is 5. The Bertz CT molecular complexity index is 865. The molecular weight excluding hydrogens is 338 g/mol. The summed E-state index contributed by atoms with van der Waals surface area (Å²) >= 11 is 1.21. The summed E-state index contributed by atoms with van der Waals surface area (Å²) in [5, 5.41) is 12.3. The van der Waals surface area contributed by atoms with Gasteiger partial charge in [-0.25, -0.2) is 10.1 Å². The first-order valence-electron chi connectivity index (χ1n) is 7.34. The van der Waals surface area contributed by atoms with Gasteiger partial charge >= 0.3 is 0 Å². The van der Waals surface area contributed by atoms with Gasteiger partial charge in [0.15, 0.2) is 5.78 Å². The molecule has 0 saturated heterocycles. The number of aromatic nitrogens is 4. The summed E-state index contributed by atoms with van der Waals surface area (Å²) in [6, 6.07) is 12.7. The lowest BCUT2D eigenvalue weighted by molar-refractivity contribution is 0.102. The molecule has 0 spiro atoms. The summed E-state index contributed by atoms with van der Waals surface area (Å²) in [4.78, 5) is 16.1. The lowest BCUT2D eigenvalue weighted by Gasteiger charge is -2.03. The summed E-state index contributed by atoms with van der Waals surface area (Å²) in [6.45, 7) is 0. The molecule has 0 atom stereocenters. The predicted molar refractivity (Wildman–Crippen MR) is 97.1 cm³/mol. The summed E-state index contributed by atoms with van der Waals surface area (Å²) in [7, 11) is 0. The number of hydrazone groups is 1. The highest BCUT2D eigenvalue weighted by Gasteiger charge is 2.12. The van der Waals surface area contributed by atoms with Crippen molar-refractivity contribution in [3.05, 3.63) is 66.0 Å². The molecule has 0 bridgehead atoms. The SMILES string of the molecule is Nn1c(N/N=C/c2cccnc2)nnc1SCC(=O)c1ccccc1. The molecule has 0 aliphatic carbocycles. The quantitative estimate of drug-likeness (QED) is 0.219. The van der Waals surface area contributed by atoms with Gasteiger partial charge in [0.25, 0.3) is 5.95 Å². The number of nitrogens with two attached hydrogens (primary N) is 1. The molecule has 1 aromatic carbocycles. The maximum absolute atomic E-state index is 12.1. The molecule has 0 aliphatic heterocycles. The number of anilines is 1. The Morgan fingerprint density at radius 2 is 2.08 bits per heavy atom. The molecule has 0 aliphatic rings. The van der Waals surface area contributed by atoms with Crippen LogP contribution in [0.15, 0.2) is 65.1 Å². The zero-order chi connectivity index (χ0) is 17.5. The second-order valence-electron chi connectivity index (χ2n) is 4.91. The van der Waals surface area contributed by atoms with E-state index in [0.29, 0.717) is 10.7 Å². The number of carbonyl (C=O) groups excluding carboxylic acids is 1. The Hall–Kier alpha value is -3.20. The van der Waals surface area contributed by atoms with Crippen LogP contribution in [0.1, 0.15) is 15.9 Å². The number of nitrogen functional groups attached to an aromatic ring is 1. The molecule has 0 unspecified atom stereocenters. The van der Waals surface area contributed by atoms with Gasteiger partial charge in [-0.1, -0.05) is 48.2 Å². The number of hydrogen-bond donors (Lipinski definition) is 2. The number of pyridine rings is 1. The summed E-state index contributed by atoms with van der Waals surface area (Å²) < 4.78 is 1.25. The van der Waals surface area contributed by atoms with Gasteiger partial charge < -0.3 is 5.84 Å². The van der Waals surface area contributed by atoms with E-state index >= 15 is 0 Å². The maximum Gasteiger partial charge on any atom is 0.264 e. The first-order valence-corrected chi connectivity index (χ1v) is 8.33. The van der Waals surface area contributed by atoms with Gasteiger partial charge in [0.05, 0.1) is 12.0 Å². The first-order chi connectivity index (χ1) is 12.2. The van der Waals surface area contributed by atoms with Crippen molar-refractivity contribution >= 4 is 29.7 Å². The van der Waals surface area contributed by atoms with Crippen molar-refractivity contribution in [2.45, 2.75) is 5.16 Å². The Morgan fingerprint density at radius 3 is 2.84 bits per heavy atom. The van der Waals surface area contributed by atoms with E-state index in [1.807, 2.05) is 30.3 Å². The number of thioether (sulfide) groups is 1. The van der Waals surface area contributed by atoms with Gasteiger partial charge in [-0.2, -0.15) is 5.10 Å². The molecule has 2 heterocycles. The Morgan fingerprint density at radius 1 is 1.24 bits per heavy atom. The summed E-state index contributed by atoms with van der Waals surface area (Å²) in [5.74, 6) is 6.41. The van der Waals surface area contributed by atoms with Crippen molar-refractivity contribution in [2.24, 2.45) is 5.10 Å². The topological polar surface area (TPSA) is 111 Å². The van der Waals surface area contributed by atoms with E-state index in [0.717, 1.165) is 5.56 Å². The molecule has 0 saturated carbocycles. The van der Waals surface area contributed by atoms with Crippen LogP contribution in [-0.2, 0) is 0 Å². The molecule has 3 rings (SSSR count). The van der Waals surface area contributed by atoms with Crippen LogP contribution in [0.25, 0.3) is 0 Å². The molecular formula is C16H15N7OS. The lowest BCUT2D eigenvalue weighted by atomic mass is 10.2. The van der Waals surface area contributed by atoms with Crippen molar-refractivity contribution in [3.8, 4) is 0 Å². The molecule has 8 nitrogen and oxygen atoms in total. The van der Waals surface area contributed by atoms with E-state index in [1.165, 1.54) is 16.4 Å². The fourth-order valence-corrected chi connectivity index (χ4v) is 2.66. The Labute approximate surface area is 148 Å². The number of rotatable bonds is 7. The van der Waals surface area contributed by atoms with Crippen molar-refractivity contribution in [1.29, 1.82) is 0 Å². The highest BCUT2D eigenvalue weighted by Crippen LogP contribution is 2.18. The van der Waals surface area contributed by atoms with Gasteiger partial charge in [-0.15, -0.1) is 10.2 Å². The summed E-state index contributed by atoms with van der Waals surface area (Å²) in [6.07, 6.45) is 4.95. The van der Waals surface area contributed by atoms with E-state index in [2.05, 4.69) is 25.7 Å². The van der Waals surface area contributed by atoms with Crippen LogP contribution in [0.3, 0.4) is 0 Å².